The van der Waals surface area contributed by atoms with Crippen LogP contribution in [0.4, 0.5) is 8.78 Å². The van der Waals surface area contributed by atoms with Gasteiger partial charge in [-0.05, 0) is 31.2 Å². The van der Waals surface area contributed by atoms with E-state index in [1.165, 1.54) is 35.1 Å². The number of carboxylic acids is 1. The normalized spacial score (nSPS) is 10.7. The molecule has 5 nitrogen and oxygen atoms in total. The molecule has 19 heavy (non-hydrogen) atoms. The molecule has 0 saturated heterocycles. The number of hydrogen-bond acceptors (Lipinski definition) is 3. The number of nitrogens with zero attached hydrogens (tertiary/aromatic N) is 2. The first-order chi connectivity index (χ1) is 8.97. The van der Waals surface area contributed by atoms with Crippen molar-refractivity contribution in [3.63, 3.8) is 0 Å². The average Bonchev–Trinajstić information content (AvgIpc) is 2.71. The van der Waals surface area contributed by atoms with Gasteiger partial charge in [-0.2, -0.15) is 13.9 Å². The molecule has 0 atom stereocenters. The standard InChI is InChI=1S/C12H10F2N2O3/c1-7-10(11(17)18)6-16(15-7)8-2-4-9(5-3-8)19-12(13)14/h2-6,12H,1H3,(H,17,18). The molecule has 0 bridgehead atoms. The molecule has 100 valence electrons. The summed E-state index contributed by atoms with van der Waals surface area (Å²) < 4.78 is 29.5. The second-order valence-corrected chi connectivity index (χ2v) is 3.75. The van der Waals surface area contributed by atoms with Gasteiger partial charge in [0, 0.05) is 6.20 Å². The number of hydrogen-bond donors (Lipinski definition) is 1. The lowest BCUT2D eigenvalue weighted by Gasteiger charge is -2.05. The van der Waals surface area contributed by atoms with Crippen LogP contribution in [-0.4, -0.2) is 27.5 Å². The largest absolute Gasteiger partial charge is 0.478 e. The van der Waals surface area contributed by atoms with E-state index in [0.717, 1.165) is 0 Å². The minimum atomic E-state index is -2.88. The van der Waals surface area contributed by atoms with E-state index in [1.807, 2.05) is 0 Å². The Hall–Kier alpha value is -2.44. The van der Waals surface area contributed by atoms with Crippen molar-refractivity contribution in [2.45, 2.75) is 13.5 Å². The number of halogens is 2. The fourth-order valence-electron chi connectivity index (χ4n) is 1.58. The van der Waals surface area contributed by atoms with Gasteiger partial charge in [0.1, 0.15) is 11.3 Å². The second kappa shape index (κ2) is 5.05. The molecule has 0 aliphatic rings. The van der Waals surface area contributed by atoms with Crippen LogP contribution in [-0.2, 0) is 0 Å². The van der Waals surface area contributed by atoms with E-state index < -0.39 is 12.6 Å². The van der Waals surface area contributed by atoms with E-state index in [0.29, 0.717) is 11.4 Å². The maximum absolute atomic E-state index is 12.0. The smallest absolute Gasteiger partial charge is 0.387 e. The van der Waals surface area contributed by atoms with Crippen molar-refractivity contribution in [1.29, 1.82) is 0 Å². The molecule has 0 radical (unpaired) electrons. The summed E-state index contributed by atoms with van der Waals surface area (Å²) in [5.41, 5.74) is 1.02. The molecule has 0 fully saturated rings. The van der Waals surface area contributed by atoms with Crippen LogP contribution in [0.5, 0.6) is 5.75 Å². The van der Waals surface area contributed by atoms with Gasteiger partial charge in [-0.15, -0.1) is 0 Å². The highest BCUT2D eigenvalue weighted by atomic mass is 19.3. The fourth-order valence-corrected chi connectivity index (χ4v) is 1.58. The molecule has 7 heteroatoms. The van der Waals surface area contributed by atoms with Gasteiger partial charge >= 0.3 is 12.6 Å². The first-order valence-electron chi connectivity index (χ1n) is 5.32. The molecule has 2 aromatic rings. The molecule has 1 aromatic carbocycles. The van der Waals surface area contributed by atoms with Gasteiger partial charge in [0.15, 0.2) is 0 Å². The molecule has 0 spiro atoms. The first kappa shape index (κ1) is 13.0. The number of aromatic carboxylic acids is 1. The summed E-state index contributed by atoms with van der Waals surface area (Å²) in [7, 11) is 0. The zero-order valence-corrected chi connectivity index (χ0v) is 9.88. The predicted molar refractivity (Wildman–Crippen MR) is 61.9 cm³/mol. The Bertz CT molecular complexity index is 594. The molecule has 1 heterocycles. The summed E-state index contributed by atoms with van der Waals surface area (Å²) >= 11 is 0. The van der Waals surface area contributed by atoms with Crippen molar-refractivity contribution in [3.8, 4) is 11.4 Å². The van der Waals surface area contributed by atoms with Crippen LogP contribution in [0.25, 0.3) is 5.69 Å². The van der Waals surface area contributed by atoms with E-state index in [9.17, 15) is 13.6 Å². The predicted octanol–water partition coefficient (Wildman–Crippen LogP) is 2.48. The number of aromatic nitrogens is 2. The maximum atomic E-state index is 12.0. The first-order valence-corrected chi connectivity index (χ1v) is 5.32. The quantitative estimate of drug-likeness (QED) is 0.925. The maximum Gasteiger partial charge on any atom is 0.387 e. The Balaban J connectivity index is 2.27. The van der Waals surface area contributed by atoms with Crippen molar-refractivity contribution >= 4 is 5.97 Å². The van der Waals surface area contributed by atoms with Crippen LogP contribution in [0, 0.1) is 6.92 Å². The third-order valence-corrected chi connectivity index (χ3v) is 2.46. The van der Waals surface area contributed by atoms with Crippen molar-refractivity contribution in [1.82, 2.24) is 9.78 Å². The summed E-state index contributed by atoms with van der Waals surface area (Å²) in [4.78, 5) is 10.9. The molecule has 0 saturated carbocycles. The number of aryl methyl sites for hydroxylation is 1. The van der Waals surface area contributed by atoms with Gasteiger partial charge < -0.3 is 9.84 Å². The molecule has 1 N–H and O–H groups in total. The molecule has 0 aliphatic heterocycles. The summed E-state index contributed by atoms with van der Waals surface area (Å²) in [6, 6.07) is 5.74. The molecular weight excluding hydrogens is 258 g/mol. The van der Waals surface area contributed by atoms with Gasteiger partial charge in [-0.1, -0.05) is 0 Å². The molecule has 0 aliphatic carbocycles. The highest BCUT2D eigenvalue weighted by Crippen LogP contribution is 2.18. The zero-order valence-electron chi connectivity index (χ0n) is 9.88. The van der Waals surface area contributed by atoms with E-state index in [1.54, 1.807) is 6.92 Å². The third-order valence-electron chi connectivity index (χ3n) is 2.46. The Morgan fingerprint density at radius 2 is 2.00 bits per heavy atom. The van der Waals surface area contributed by atoms with Crippen molar-refractivity contribution in [2.75, 3.05) is 0 Å². The second-order valence-electron chi connectivity index (χ2n) is 3.75. The van der Waals surface area contributed by atoms with E-state index in [2.05, 4.69) is 9.84 Å². The van der Waals surface area contributed by atoms with Gasteiger partial charge in [0.25, 0.3) is 0 Å². The van der Waals surface area contributed by atoms with Gasteiger partial charge in [-0.3, -0.25) is 0 Å². The van der Waals surface area contributed by atoms with E-state index in [-0.39, 0.29) is 11.3 Å². The highest BCUT2D eigenvalue weighted by molar-refractivity contribution is 5.88. The Morgan fingerprint density at radius 1 is 1.37 bits per heavy atom. The SMILES string of the molecule is Cc1nn(-c2ccc(OC(F)F)cc2)cc1C(=O)O. The summed E-state index contributed by atoms with van der Waals surface area (Å²) in [5.74, 6) is -1.04. The summed E-state index contributed by atoms with van der Waals surface area (Å²) in [6.07, 6.45) is 1.36. The van der Waals surface area contributed by atoms with E-state index in [4.69, 9.17) is 5.11 Å². The van der Waals surface area contributed by atoms with Crippen molar-refractivity contribution < 1.29 is 23.4 Å². The lowest BCUT2D eigenvalue weighted by Crippen LogP contribution is -2.02. The molecule has 0 amide bonds. The Kier molecular flexibility index (Phi) is 3.46. The van der Waals surface area contributed by atoms with Crippen LogP contribution in [0.3, 0.4) is 0 Å². The van der Waals surface area contributed by atoms with Crippen LogP contribution in [0.2, 0.25) is 0 Å². The minimum Gasteiger partial charge on any atom is -0.478 e. The summed E-state index contributed by atoms with van der Waals surface area (Å²) in [5, 5.41) is 13.0. The number of carboxylic acid groups (broad SMARTS) is 1. The van der Waals surface area contributed by atoms with Crippen LogP contribution >= 0.6 is 0 Å². The fraction of sp³-hybridized carbons (Fsp3) is 0.167. The number of rotatable bonds is 4. The molecular formula is C12H10F2N2O3. The van der Waals surface area contributed by atoms with Crippen LogP contribution in [0.1, 0.15) is 16.1 Å². The molecule has 2 rings (SSSR count). The lowest BCUT2D eigenvalue weighted by molar-refractivity contribution is -0.0498. The number of alkyl halides is 2. The molecule has 0 unspecified atom stereocenters. The lowest BCUT2D eigenvalue weighted by atomic mass is 10.3. The average molecular weight is 268 g/mol. The summed E-state index contributed by atoms with van der Waals surface area (Å²) in [6.45, 7) is -1.30. The number of ether oxygens (including phenoxy) is 1. The van der Waals surface area contributed by atoms with Gasteiger partial charge in [0.05, 0.1) is 11.4 Å². The van der Waals surface area contributed by atoms with Crippen molar-refractivity contribution in [2.24, 2.45) is 0 Å². The van der Waals surface area contributed by atoms with Gasteiger partial charge in [0.2, 0.25) is 0 Å². The topological polar surface area (TPSA) is 64.4 Å². The highest BCUT2D eigenvalue weighted by Gasteiger charge is 2.12. The van der Waals surface area contributed by atoms with E-state index >= 15 is 0 Å². The number of benzene rings is 1. The molecule has 1 aromatic heterocycles. The van der Waals surface area contributed by atoms with Crippen molar-refractivity contribution in [3.05, 3.63) is 41.7 Å². The Morgan fingerprint density at radius 3 is 2.47 bits per heavy atom. The van der Waals surface area contributed by atoms with Crippen LogP contribution < -0.4 is 4.74 Å². The monoisotopic (exact) mass is 268 g/mol. The Labute approximate surface area is 107 Å². The van der Waals surface area contributed by atoms with Crippen LogP contribution in [0.15, 0.2) is 30.5 Å². The van der Waals surface area contributed by atoms with Gasteiger partial charge in [-0.25, -0.2) is 9.48 Å². The third kappa shape index (κ3) is 2.87. The minimum absolute atomic E-state index is 0.0288. The zero-order chi connectivity index (χ0) is 14.0. The number of carbonyl (C=O) groups is 1.